The van der Waals surface area contributed by atoms with Crippen molar-refractivity contribution in [3.05, 3.63) is 46.1 Å². The van der Waals surface area contributed by atoms with E-state index in [4.69, 9.17) is 4.74 Å². The molecule has 2 amide bonds. The lowest BCUT2D eigenvalue weighted by molar-refractivity contribution is -0.144. The first-order valence-electron chi connectivity index (χ1n) is 12.8. The molecule has 0 radical (unpaired) electrons. The summed E-state index contributed by atoms with van der Waals surface area (Å²) in [6, 6.07) is 4.57. The van der Waals surface area contributed by atoms with E-state index in [2.05, 4.69) is 9.97 Å². The number of imide groups is 1. The van der Waals surface area contributed by atoms with Gasteiger partial charge in [0, 0.05) is 29.7 Å². The van der Waals surface area contributed by atoms with E-state index in [1.165, 1.54) is 16.2 Å². The van der Waals surface area contributed by atoms with Gasteiger partial charge in [-0.1, -0.05) is 20.8 Å². The van der Waals surface area contributed by atoms with Crippen molar-refractivity contribution < 1.29 is 27.5 Å². The summed E-state index contributed by atoms with van der Waals surface area (Å²) in [5.74, 6) is -0.853. The normalized spacial score (nSPS) is 21.3. The Labute approximate surface area is 223 Å². The number of alkyl halides is 3. The topological polar surface area (TPSA) is 72.4 Å². The number of aryl methyl sites for hydroxylation is 1. The van der Waals surface area contributed by atoms with Crippen LogP contribution in [0.4, 0.5) is 13.2 Å². The number of thiophene rings is 1. The molecule has 4 heterocycles. The van der Waals surface area contributed by atoms with E-state index in [1.54, 1.807) is 25.3 Å². The molecule has 3 aromatic heterocycles. The average molecular weight is 546 g/mol. The number of nitrogens with zero attached hydrogens (tertiary/aromatic N) is 3. The molecule has 0 bridgehead atoms. The first-order valence-corrected chi connectivity index (χ1v) is 13.6. The standard InChI is InChI=1S/C28H30F3N3O3S/c1-6-15(37-7-2)11-18-14(3)10-20(28(29,30)31)33-23(18)17-8-9-32-19-12-16(38-24(17)19)13-34-25(35)21-22(26(34)36)27(21,4)5/h8-10,12,15,21-22H,6-7,11,13H2,1-5H3/t15-,21?,22?/m0/s1. The highest BCUT2D eigenvalue weighted by atomic mass is 32.1. The number of likely N-dealkylation sites (tertiary alicyclic amines) is 1. The molecule has 6 nitrogen and oxygen atoms in total. The number of ether oxygens (including phenoxy) is 1. The first kappa shape index (κ1) is 26.7. The van der Waals surface area contributed by atoms with E-state index in [0.717, 1.165) is 10.9 Å². The summed E-state index contributed by atoms with van der Waals surface area (Å²) in [6.45, 7) is 10.0. The van der Waals surface area contributed by atoms with Gasteiger partial charge in [-0.05, 0) is 55.0 Å². The van der Waals surface area contributed by atoms with Crippen molar-refractivity contribution in [1.29, 1.82) is 0 Å². The average Bonchev–Trinajstić information content (AvgIpc) is 3.10. The summed E-state index contributed by atoms with van der Waals surface area (Å²) < 4.78 is 47.9. The maximum absolute atomic E-state index is 13.8. The summed E-state index contributed by atoms with van der Waals surface area (Å²) in [6.07, 6.45) is -2.07. The quantitative estimate of drug-likeness (QED) is 0.316. The van der Waals surface area contributed by atoms with Gasteiger partial charge in [-0.15, -0.1) is 11.3 Å². The van der Waals surface area contributed by atoms with E-state index in [9.17, 15) is 22.8 Å². The van der Waals surface area contributed by atoms with Crippen molar-refractivity contribution in [1.82, 2.24) is 14.9 Å². The number of fused-ring (bicyclic) bond motifs is 2. The van der Waals surface area contributed by atoms with Crippen LogP contribution in [0.15, 0.2) is 24.4 Å². The maximum atomic E-state index is 13.8. The van der Waals surface area contributed by atoms with Crippen LogP contribution in [0.25, 0.3) is 21.5 Å². The van der Waals surface area contributed by atoms with Gasteiger partial charge in [-0.3, -0.25) is 19.5 Å². The van der Waals surface area contributed by atoms with Gasteiger partial charge in [0.05, 0.1) is 40.4 Å². The Morgan fingerprint density at radius 2 is 1.84 bits per heavy atom. The molecular formula is C28H30F3N3O3S. The second-order valence-corrected chi connectivity index (χ2v) is 11.8. The lowest BCUT2D eigenvalue weighted by atomic mass is 9.95. The minimum atomic E-state index is -4.60. The third-order valence-corrected chi connectivity index (χ3v) is 8.99. The van der Waals surface area contributed by atoms with Crippen molar-refractivity contribution in [2.24, 2.45) is 17.3 Å². The third-order valence-electron chi connectivity index (χ3n) is 7.85. The molecule has 3 atom stereocenters. The van der Waals surface area contributed by atoms with E-state index >= 15 is 0 Å². The molecule has 2 unspecified atom stereocenters. The van der Waals surface area contributed by atoms with E-state index < -0.39 is 11.9 Å². The van der Waals surface area contributed by atoms with Gasteiger partial charge >= 0.3 is 6.18 Å². The highest BCUT2D eigenvalue weighted by Gasteiger charge is 2.72. The fraction of sp³-hybridized carbons (Fsp3) is 0.500. The SMILES string of the molecule is CCO[C@@H](CC)Cc1c(C)cc(C(F)(F)F)nc1-c1ccnc2cc(CN3C(=O)C4C(C3=O)C4(C)C)sc12. The molecule has 0 aromatic carbocycles. The smallest absolute Gasteiger partial charge is 0.378 e. The molecule has 38 heavy (non-hydrogen) atoms. The number of amides is 2. The second kappa shape index (κ2) is 9.41. The zero-order chi connectivity index (χ0) is 27.6. The van der Waals surface area contributed by atoms with E-state index in [1.807, 2.05) is 27.7 Å². The second-order valence-electron chi connectivity index (χ2n) is 10.7. The lowest BCUT2D eigenvalue weighted by Crippen LogP contribution is -2.35. The number of aromatic nitrogens is 2. The van der Waals surface area contributed by atoms with Crippen LogP contribution in [-0.4, -0.2) is 39.4 Å². The fourth-order valence-corrected chi connectivity index (χ4v) is 6.79. The Balaban J connectivity index is 1.56. The number of rotatable bonds is 8. The highest BCUT2D eigenvalue weighted by Crippen LogP contribution is 2.63. The zero-order valence-electron chi connectivity index (χ0n) is 22.0. The molecule has 5 rings (SSSR count). The maximum Gasteiger partial charge on any atom is 0.433 e. The Morgan fingerprint density at radius 1 is 1.16 bits per heavy atom. The molecule has 0 spiro atoms. The van der Waals surface area contributed by atoms with Crippen LogP contribution < -0.4 is 0 Å². The lowest BCUT2D eigenvalue weighted by Gasteiger charge is -2.21. The molecule has 1 aliphatic carbocycles. The Hall–Kier alpha value is -2.85. The molecule has 2 fully saturated rings. The highest BCUT2D eigenvalue weighted by molar-refractivity contribution is 7.19. The number of pyridine rings is 2. The Kier molecular flexibility index (Phi) is 6.62. The number of carbonyl (C=O) groups excluding carboxylic acids is 2. The van der Waals surface area contributed by atoms with Gasteiger partial charge in [0.15, 0.2) is 0 Å². The first-order chi connectivity index (χ1) is 17.9. The number of halogens is 3. The van der Waals surface area contributed by atoms with E-state index in [0.29, 0.717) is 46.4 Å². The molecule has 3 aromatic rings. The van der Waals surface area contributed by atoms with Crippen LogP contribution in [0.3, 0.4) is 0 Å². The van der Waals surface area contributed by atoms with Crippen molar-refractivity contribution in [3.8, 4) is 11.3 Å². The summed E-state index contributed by atoms with van der Waals surface area (Å²) in [7, 11) is 0. The number of carbonyl (C=O) groups is 2. The van der Waals surface area contributed by atoms with Crippen LogP contribution in [0.5, 0.6) is 0 Å². The monoisotopic (exact) mass is 545 g/mol. The third kappa shape index (κ3) is 4.41. The zero-order valence-corrected chi connectivity index (χ0v) is 22.8. The van der Waals surface area contributed by atoms with Gasteiger partial charge in [0.2, 0.25) is 11.8 Å². The Morgan fingerprint density at radius 3 is 2.45 bits per heavy atom. The van der Waals surface area contributed by atoms with Crippen LogP contribution in [0, 0.1) is 24.2 Å². The van der Waals surface area contributed by atoms with Gasteiger partial charge in [0.1, 0.15) is 5.69 Å². The summed E-state index contributed by atoms with van der Waals surface area (Å²) in [5.41, 5.74) is 1.35. The van der Waals surface area contributed by atoms with Crippen molar-refractivity contribution in [2.45, 2.75) is 66.3 Å². The number of piperidine rings is 1. The van der Waals surface area contributed by atoms with Crippen LogP contribution in [0.2, 0.25) is 0 Å². The van der Waals surface area contributed by atoms with Crippen LogP contribution >= 0.6 is 11.3 Å². The molecule has 1 saturated carbocycles. The molecular weight excluding hydrogens is 515 g/mol. The van der Waals surface area contributed by atoms with Crippen molar-refractivity contribution in [2.75, 3.05) is 6.61 Å². The van der Waals surface area contributed by atoms with Crippen molar-refractivity contribution >= 4 is 33.4 Å². The van der Waals surface area contributed by atoms with Gasteiger partial charge in [0.25, 0.3) is 0 Å². The largest absolute Gasteiger partial charge is 0.433 e. The van der Waals surface area contributed by atoms with Gasteiger partial charge in [-0.25, -0.2) is 4.98 Å². The number of hydrogen-bond donors (Lipinski definition) is 0. The van der Waals surface area contributed by atoms with Crippen LogP contribution in [0.1, 0.15) is 55.8 Å². The predicted octanol–water partition coefficient (Wildman–Crippen LogP) is 6.18. The Bertz CT molecular complexity index is 1410. The molecule has 10 heteroatoms. The van der Waals surface area contributed by atoms with Gasteiger partial charge in [-0.2, -0.15) is 13.2 Å². The molecule has 1 saturated heterocycles. The van der Waals surface area contributed by atoms with Crippen LogP contribution in [-0.2, 0) is 33.5 Å². The molecule has 202 valence electrons. The number of hydrogen-bond acceptors (Lipinski definition) is 6. The minimum Gasteiger partial charge on any atom is -0.378 e. The summed E-state index contributed by atoms with van der Waals surface area (Å²) in [5, 5.41) is 0. The molecule has 0 N–H and O–H groups in total. The minimum absolute atomic E-state index is 0.130. The van der Waals surface area contributed by atoms with Crippen molar-refractivity contribution in [3.63, 3.8) is 0 Å². The molecule has 2 aliphatic rings. The summed E-state index contributed by atoms with van der Waals surface area (Å²) in [4.78, 5) is 36.3. The predicted molar refractivity (Wildman–Crippen MR) is 138 cm³/mol. The molecule has 1 aliphatic heterocycles. The summed E-state index contributed by atoms with van der Waals surface area (Å²) >= 11 is 1.33. The fourth-order valence-electron chi connectivity index (χ4n) is 5.68. The van der Waals surface area contributed by atoms with Gasteiger partial charge < -0.3 is 4.74 Å². The van der Waals surface area contributed by atoms with E-state index in [-0.39, 0.29) is 47.4 Å².